The van der Waals surface area contributed by atoms with Gasteiger partial charge >= 0.3 is 0 Å². The van der Waals surface area contributed by atoms with Crippen LogP contribution >= 0.6 is 27.5 Å². The molecule has 2 aliphatic heterocycles. The van der Waals surface area contributed by atoms with E-state index in [1.54, 1.807) is 18.6 Å². The molecule has 0 radical (unpaired) electrons. The third-order valence-corrected chi connectivity index (χ3v) is 5.47. The largest absolute Gasteiger partial charge is 0.332 e. The fourth-order valence-electron chi connectivity index (χ4n) is 3.89. The van der Waals surface area contributed by atoms with Gasteiger partial charge in [0, 0.05) is 35.1 Å². The first-order valence-electron chi connectivity index (χ1n) is 7.74. The summed E-state index contributed by atoms with van der Waals surface area (Å²) in [6.45, 7) is 0. The Morgan fingerprint density at radius 2 is 1.91 bits per heavy atom. The zero-order valence-corrected chi connectivity index (χ0v) is 14.7. The molecular formula is C16H16BrClN4O. The van der Waals surface area contributed by atoms with Crippen molar-refractivity contribution in [3.8, 4) is 0 Å². The maximum Gasteiger partial charge on any atom is 0.255 e. The molecule has 4 rings (SSSR count). The smallest absolute Gasteiger partial charge is 0.255 e. The Hall–Kier alpha value is -1.40. The Balaban J connectivity index is 1.55. The lowest BCUT2D eigenvalue weighted by Gasteiger charge is -2.39. The van der Waals surface area contributed by atoms with Gasteiger partial charge in [0.2, 0.25) is 0 Å². The van der Waals surface area contributed by atoms with E-state index in [4.69, 9.17) is 11.6 Å². The van der Waals surface area contributed by atoms with E-state index in [1.807, 2.05) is 16.9 Å². The van der Waals surface area contributed by atoms with Crippen molar-refractivity contribution >= 4 is 33.4 Å². The number of rotatable bonds is 2. The van der Waals surface area contributed by atoms with E-state index < -0.39 is 0 Å². The van der Waals surface area contributed by atoms with Crippen molar-refractivity contribution in [3.05, 3.63) is 45.9 Å². The zero-order chi connectivity index (χ0) is 16.0. The molecule has 2 atom stereocenters. The minimum absolute atomic E-state index is 0.0863. The van der Waals surface area contributed by atoms with Crippen molar-refractivity contribution in [2.75, 3.05) is 0 Å². The minimum Gasteiger partial charge on any atom is -0.332 e. The molecular weight excluding hydrogens is 380 g/mol. The first-order valence-corrected chi connectivity index (χ1v) is 8.92. The number of hydrogen-bond donors (Lipinski definition) is 0. The van der Waals surface area contributed by atoms with E-state index in [2.05, 4.69) is 30.9 Å². The Morgan fingerprint density at radius 1 is 1.17 bits per heavy atom. The van der Waals surface area contributed by atoms with Gasteiger partial charge in [0.25, 0.3) is 5.91 Å². The highest BCUT2D eigenvalue weighted by atomic mass is 79.9. The number of nitrogens with zero attached hydrogens (tertiary/aromatic N) is 4. The Labute approximate surface area is 147 Å². The second kappa shape index (κ2) is 5.91. The molecule has 0 saturated carbocycles. The molecule has 2 aromatic heterocycles. The highest BCUT2D eigenvalue weighted by molar-refractivity contribution is 9.10. The first kappa shape index (κ1) is 15.1. The second-order valence-corrected chi connectivity index (χ2v) is 7.61. The van der Waals surface area contributed by atoms with Gasteiger partial charge in [-0.25, -0.2) is 0 Å². The summed E-state index contributed by atoms with van der Waals surface area (Å²) < 4.78 is 2.78. The number of pyridine rings is 1. The van der Waals surface area contributed by atoms with E-state index in [0.29, 0.717) is 16.6 Å². The molecule has 2 saturated heterocycles. The molecule has 2 bridgehead atoms. The molecule has 2 unspecified atom stereocenters. The second-order valence-electron chi connectivity index (χ2n) is 6.25. The molecule has 0 spiro atoms. The van der Waals surface area contributed by atoms with E-state index in [0.717, 1.165) is 30.2 Å². The van der Waals surface area contributed by atoms with Crippen LogP contribution in [0.3, 0.4) is 0 Å². The predicted octanol–water partition coefficient (Wildman–Crippen LogP) is 3.70. The average Bonchev–Trinajstić information content (AvgIpc) is 3.08. The number of carbonyl (C=O) groups is 1. The topological polar surface area (TPSA) is 51.0 Å². The molecule has 0 N–H and O–H groups in total. The average molecular weight is 396 g/mol. The summed E-state index contributed by atoms with van der Waals surface area (Å²) >= 11 is 9.37. The van der Waals surface area contributed by atoms with Crippen LogP contribution in [0.5, 0.6) is 0 Å². The summed E-state index contributed by atoms with van der Waals surface area (Å²) in [5, 5.41) is 5.00. The number of fused-ring (bicyclic) bond motifs is 2. The maximum absolute atomic E-state index is 12.9. The molecule has 2 fully saturated rings. The lowest BCUT2D eigenvalue weighted by Crippen LogP contribution is -2.47. The van der Waals surface area contributed by atoms with Crippen LogP contribution in [-0.2, 0) is 0 Å². The van der Waals surface area contributed by atoms with Crippen LogP contribution in [0, 0.1) is 0 Å². The highest BCUT2D eigenvalue weighted by Gasteiger charge is 2.44. The molecule has 0 aromatic carbocycles. The predicted molar refractivity (Wildman–Crippen MR) is 90.4 cm³/mol. The van der Waals surface area contributed by atoms with Crippen molar-refractivity contribution in [2.45, 2.75) is 43.8 Å². The summed E-state index contributed by atoms with van der Waals surface area (Å²) in [7, 11) is 0. The third kappa shape index (κ3) is 2.78. The van der Waals surface area contributed by atoms with Crippen LogP contribution in [0.1, 0.15) is 42.1 Å². The summed E-state index contributed by atoms with van der Waals surface area (Å²) in [6, 6.07) is 2.71. The van der Waals surface area contributed by atoms with Crippen molar-refractivity contribution in [3.63, 3.8) is 0 Å². The lowest BCUT2D eigenvalue weighted by molar-refractivity contribution is 0.0524. The number of carbonyl (C=O) groups excluding carboxylic acids is 1. The third-order valence-electron chi connectivity index (χ3n) is 4.84. The summed E-state index contributed by atoms with van der Waals surface area (Å²) in [5.41, 5.74) is 0.650. The van der Waals surface area contributed by atoms with Gasteiger partial charge in [-0.1, -0.05) is 11.6 Å². The molecule has 7 heteroatoms. The number of halogens is 2. The summed E-state index contributed by atoms with van der Waals surface area (Å²) in [4.78, 5) is 19.1. The summed E-state index contributed by atoms with van der Waals surface area (Å²) in [5.74, 6) is 0.0863. The maximum atomic E-state index is 12.9. The fraction of sp³-hybridized carbons (Fsp3) is 0.438. The van der Waals surface area contributed by atoms with Gasteiger partial charge in [-0.2, -0.15) is 5.10 Å². The lowest BCUT2D eigenvalue weighted by atomic mass is 9.96. The number of hydrogen-bond acceptors (Lipinski definition) is 3. The number of amides is 1. The van der Waals surface area contributed by atoms with Gasteiger partial charge in [0.15, 0.2) is 0 Å². The van der Waals surface area contributed by atoms with E-state index >= 15 is 0 Å². The Bertz CT molecular complexity index is 735. The molecule has 120 valence electrons. The molecule has 1 amide bonds. The molecule has 2 aliphatic rings. The van der Waals surface area contributed by atoms with Crippen LogP contribution in [0.4, 0.5) is 0 Å². The SMILES string of the molecule is O=C(c1cncc(Br)c1)N1C2CCC1CC(n1cc(Cl)cn1)C2. The van der Waals surface area contributed by atoms with E-state index in [9.17, 15) is 4.79 Å². The van der Waals surface area contributed by atoms with Crippen LogP contribution < -0.4 is 0 Å². The number of piperidine rings is 1. The number of aromatic nitrogens is 3. The van der Waals surface area contributed by atoms with Gasteiger partial charge < -0.3 is 4.90 Å². The van der Waals surface area contributed by atoms with Gasteiger partial charge in [0.05, 0.1) is 22.8 Å². The molecule has 0 aliphatic carbocycles. The van der Waals surface area contributed by atoms with Crippen molar-refractivity contribution in [1.82, 2.24) is 19.7 Å². The van der Waals surface area contributed by atoms with Crippen molar-refractivity contribution < 1.29 is 4.79 Å². The Kier molecular flexibility index (Phi) is 3.89. The minimum atomic E-state index is 0.0863. The normalized spacial score (nSPS) is 26.5. The van der Waals surface area contributed by atoms with Crippen LogP contribution in [0.15, 0.2) is 35.3 Å². The van der Waals surface area contributed by atoms with Crippen LogP contribution in [0.2, 0.25) is 5.02 Å². The van der Waals surface area contributed by atoms with Gasteiger partial charge in [-0.05, 0) is 47.7 Å². The molecule has 4 heterocycles. The zero-order valence-electron chi connectivity index (χ0n) is 12.4. The van der Waals surface area contributed by atoms with Crippen molar-refractivity contribution in [2.24, 2.45) is 0 Å². The van der Waals surface area contributed by atoms with Gasteiger partial charge in [0.1, 0.15) is 0 Å². The van der Waals surface area contributed by atoms with Crippen LogP contribution in [-0.4, -0.2) is 37.7 Å². The van der Waals surface area contributed by atoms with Gasteiger partial charge in [-0.3, -0.25) is 14.5 Å². The first-order chi connectivity index (χ1) is 11.1. The van der Waals surface area contributed by atoms with Crippen molar-refractivity contribution in [1.29, 1.82) is 0 Å². The quantitative estimate of drug-likeness (QED) is 0.779. The molecule has 2 aromatic rings. The molecule has 23 heavy (non-hydrogen) atoms. The monoisotopic (exact) mass is 394 g/mol. The molecule has 5 nitrogen and oxygen atoms in total. The Morgan fingerprint density at radius 3 is 2.52 bits per heavy atom. The van der Waals surface area contributed by atoms with E-state index in [-0.39, 0.29) is 18.0 Å². The summed E-state index contributed by atoms with van der Waals surface area (Å²) in [6.07, 6.45) is 10.9. The standard InChI is InChI=1S/C16H16BrClN4O/c17-11-3-10(6-19-7-11)16(23)22-13-1-2-14(22)5-15(4-13)21-9-12(18)8-20-21/h3,6-9,13-15H,1-2,4-5H2. The highest BCUT2D eigenvalue weighted by Crippen LogP contribution is 2.41. The fourth-order valence-corrected chi connectivity index (χ4v) is 4.40. The van der Waals surface area contributed by atoms with Gasteiger partial charge in [-0.15, -0.1) is 0 Å². The van der Waals surface area contributed by atoms with Crippen LogP contribution in [0.25, 0.3) is 0 Å². The van der Waals surface area contributed by atoms with E-state index in [1.165, 1.54) is 0 Å².